The van der Waals surface area contributed by atoms with Crippen LogP contribution in [0.3, 0.4) is 0 Å². The third-order valence-electron chi connectivity index (χ3n) is 12.4. The molecule has 0 bridgehead atoms. The lowest BCUT2D eigenvalue weighted by Crippen LogP contribution is -2.54. The molecule has 0 N–H and O–H groups in total. The van der Waals surface area contributed by atoms with Gasteiger partial charge >= 0.3 is 0 Å². The highest BCUT2D eigenvalue weighted by molar-refractivity contribution is 5.24. The molecule has 7 atom stereocenters. The molecule has 0 aromatic heterocycles. The minimum atomic E-state index is 0.530. The molecule has 170 valence electrons. The van der Waals surface area contributed by atoms with Gasteiger partial charge in [-0.3, -0.25) is 0 Å². The molecule has 0 amide bonds. The van der Waals surface area contributed by atoms with E-state index in [-0.39, 0.29) is 0 Å². The second kappa shape index (κ2) is 6.63. The van der Waals surface area contributed by atoms with Crippen LogP contribution >= 0.6 is 0 Å². The Kier molecular flexibility index (Phi) is 4.77. The van der Waals surface area contributed by atoms with E-state index < -0.39 is 0 Å². The smallest absolute Gasteiger partial charge is 0.0146 e. The Hall–Kier alpha value is -0.260. The molecule has 30 heavy (non-hydrogen) atoms. The standard InChI is InChI=1S/C30H50/c1-26(2)15-8-17-29(6)22-11-13-25-28(5,20-21(22)10-12-23(26)29)19-14-24-27(3,4)16-9-18-30(24,25)7/h10,22-25H,8-9,11-20H2,1-7H3/t22-,23-,24+,25+,28+,29-,30+/m1/s1. The van der Waals surface area contributed by atoms with Gasteiger partial charge in [0.2, 0.25) is 0 Å². The van der Waals surface area contributed by atoms with Gasteiger partial charge in [0.05, 0.1) is 0 Å². The van der Waals surface area contributed by atoms with Crippen LogP contribution in [-0.4, -0.2) is 0 Å². The molecule has 0 saturated heterocycles. The van der Waals surface area contributed by atoms with Crippen molar-refractivity contribution in [2.24, 2.45) is 50.7 Å². The van der Waals surface area contributed by atoms with Crippen molar-refractivity contribution >= 4 is 0 Å². The quantitative estimate of drug-likeness (QED) is 0.349. The molecular formula is C30H50. The predicted molar refractivity (Wildman–Crippen MR) is 129 cm³/mol. The van der Waals surface area contributed by atoms with Crippen LogP contribution in [0.4, 0.5) is 0 Å². The van der Waals surface area contributed by atoms with Crippen LogP contribution in [0.5, 0.6) is 0 Å². The van der Waals surface area contributed by atoms with Gasteiger partial charge in [-0.15, -0.1) is 0 Å². The van der Waals surface area contributed by atoms with E-state index in [9.17, 15) is 0 Å². The normalized spacial score (nSPS) is 52.0. The lowest BCUT2D eigenvalue weighted by Gasteiger charge is -2.62. The van der Waals surface area contributed by atoms with Gasteiger partial charge in [-0.2, -0.15) is 0 Å². The fourth-order valence-corrected chi connectivity index (χ4v) is 11.2. The summed E-state index contributed by atoms with van der Waals surface area (Å²) in [4.78, 5) is 0. The molecule has 0 radical (unpaired) electrons. The van der Waals surface area contributed by atoms with E-state index in [1.54, 1.807) is 0 Å². The van der Waals surface area contributed by atoms with Gasteiger partial charge in [0.1, 0.15) is 0 Å². The number of allylic oxidation sites excluding steroid dienone is 2. The van der Waals surface area contributed by atoms with E-state index in [1.165, 1.54) is 77.0 Å². The van der Waals surface area contributed by atoms with Crippen molar-refractivity contribution in [1.82, 2.24) is 0 Å². The van der Waals surface area contributed by atoms with Crippen LogP contribution in [0.15, 0.2) is 11.6 Å². The summed E-state index contributed by atoms with van der Waals surface area (Å²) in [7, 11) is 0. The molecular weight excluding hydrogens is 360 g/mol. The van der Waals surface area contributed by atoms with Gasteiger partial charge in [-0.25, -0.2) is 0 Å². The van der Waals surface area contributed by atoms with Crippen molar-refractivity contribution in [1.29, 1.82) is 0 Å². The summed E-state index contributed by atoms with van der Waals surface area (Å²) in [6, 6.07) is 0. The van der Waals surface area contributed by atoms with Crippen molar-refractivity contribution in [2.75, 3.05) is 0 Å². The fourth-order valence-electron chi connectivity index (χ4n) is 11.2. The zero-order chi connectivity index (χ0) is 21.6. The van der Waals surface area contributed by atoms with Crippen LogP contribution in [0.1, 0.15) is 126 Å². The topological polar surface area (TPSA) is 0 Å². The van der Waals surface area contributed by atoms with E-state index in [0.717, 1.165) is 23.7 Å². The summed E-state index contributed by atoms with van der Waals surface area (Å²) in [6.45, 7) is 18.6. The molecule has 0 aliphatic heterocycles. The molecule has 0 spiro atoms. The van der Waals surface area contributed by atoms with Crippen molar-refractivity contribution in [2.45, 2.75) is 126 Å². The minimum absolute atomic E-state index is 0.530. The van der Waals surface area contributed by atoms with Gasteiger partial charge in [0.15, 0.2) is 0 Å². The third kappa shape index (κ3) is 2.90. The number of hydrogen-bond acceptors (Lipinski definition) is 0. The Morgan fingerprint density at radius 3 is 1.97 bits per heavy atom. The molecule has 4 fully saturated rings. The van der Waals surface area contributed by atoms with Gasteiger partial charge in [-0.05, 0) is 115 Å². The van der Waals surface area contributed by atoms with E-state index in [1.807, 2.05) is 5.57 Å². The second-order valence-corrected chi connectivity index (χ2v) is 14.9. The number of fused-ring (bicyclic) bond motifs is 6. The Balaban J connectivity index is 1.51. The first-order valence-electron chi connectivity index (χ1n) is 13.6. The molecule has 5 aliphatic carbocycles. The highest BCUT2D eigenvalue weighted by atomic mass is 14.7. The maximum absolute atomic E-state index is 2.79. The second-order valence-electron chi connectivity index (χ2n) is 14.9. The van der Waals surface area contributed by atoms with Crippen LogP contribution in [0.25, 0.3) is 0 Å². The molecule has 0 nitrogen and oxygen atoms in total. The van der Waals surface area contributed by atoms with Gasteiger partial charge in [0.25, 0.3) is 0 Å². The summed E-state index contributed by atoms with van der Waals surface area (Å²) < 4.78 is 0. The van der Waals surface area contributed by atoms with Crippen LogP contribution in [-0.2, 0) is 0 Å². The first-order chi connectivity index (χ1) is 13.9. The summed E-state index contributed by atoms with van der Waals surface area (Å²) in [5.74, 6) is 3.66. The Morgan fingerprint density at radius 2 is 1.27 bits per heavy atom. The van der Waals surface area contributed by atoms with Crippen molar-refractivity contribution in [3.05, 3.63) is 11.6 Å². The van der Waals surface area contributed by atoms with Gasteiger partial charge in [0, 0.05) is 0 Å². The van der Waals surface area contributed by atoms with E-state index >= 15 is 0 Å². The van der Waals surface area contributed by atoms with Crippen molar-refractivity contribution in [3.8, 4) is 0 Å². The Morgan fingerprint density at radius 1 is 0.633 bits per heavy atom. The summed E-state index contributed by atoms with van der Waals surface area (Å²) in [5.41, 5.74) is 4.68. The van der Waals surface area contributed by atoms with Crippen LogP contribution < -0.4 is 0 Å². The van der Waals surface area contributed by atoms with E-state index in [0.29, 0.717) is 27.1 Å². The Labute approximate surface area is 188 Å². The maximum atomic E-state index is 2.79. The van der Waals surface area contributed by atoms with E-state index in [4.69, 9.17) is 0 Å². The average Bonchev–Trinajstić information content (AvgIpc) is 2.77. The monoisotopic (exact) mass is 410 g/mol. The molecule has 0 aromatic rings. The van der Waals surface area contributed by atoms with E-state index in [2.05, 4.69) is 54.5 Å². The highest BCUT2D eigenvalue weighted by Gasteiger charge is 2.61. The lowest BCUT2D eigenvalue weighted by atomic mass is 9.42. The molecule has 0 heteroatoms. The van der Waals surface area contributed by atoms with Gasteiger partial charge < -0.3 is 0 Å². The fraction of sp³-hybridized carbons (Fsp3) is 0.933. The minimum Gasteiger partial charge on any atom is -0.0847 e. The average molecular weight is 411 g/mol. The highest BCUT2D eigenvalue weighted by Crippen LogP contribution is 2.70. The lowest BCUT2D eigenvalue weighted by molar-refractivity contribution is -0.129. The SMILES string of the molecule is CC1(C)CCC[C@]2(C)[C@@H]3CC[C@H]4[C@@](C)(CC[C@H]5C(C)(C)CCC[C@@]54C)CC3=CC[C@H]12. The van der Waals surface area contributed by atoms with Gasteiger partial charge in [-0.1, -0.05) is 73.0 Å². The zero-order valence-electron chi connectivity index (χ0n) is 21.4. The first-order valence-corrected chi connectivity index (χ1v) is 13.6. The van der Waals surface area contributed by atoms with Crippen LogP contribution in [0, 0.1) is 50.7 Å². The van der Waals surface area contributed by atoms with Crippen LogP contribution in [0.2, 0.25) is 0 Å². The Bertz CT molecular complexity index is 724. The number of hydrogen-bond donors (Lipinski definition) is 0. The molecule has 0 aromatic carbocycles. The molecule has 0 unspecified atom stereocenters. The predicted octanol–water partition coefficient (Wildman–Crippen LogP) is 9.20. The molecule has 4 saturated carbocycles. The molecule has 0 heterocycles. The third-order valence-corrected chi connectivity index (χ3v) is 12.4. The molecule has 5 aliphatic rings. The summed E-state index contributed by atoms with van der Waals surface area (Å²) in [5, 5.41) is 0. The molecule has 5 rings (SSSR count). The zero-order valence-corrected chi connectivity index (χ0v) is 21.4. The summed E-state index contributed by atoms with van der Waals surface area (Å²) >= 11 is 0. The first kappa shape index (κ1) is 21.6. The van der Waals surface area contributed by atoms with Crippen molar-refractivity contribution in [3.63, 3.8) is 0 Å². The maximum Gasteiger partial charge on any atom is -0.0146 e. The largest absolute Gasteiger partial charge is 0.0847 e. The van der Waals surface area contributed by atoms with Crippen molar-refractivity contribution < 1.29 is 0 Å². The number of rotatable bonds is 0. The summed E-state index contributed by atoms with van der Waals surface area (Å²) in [6.07, 6.45) is 20.3.